The number of thiophene rings is 1. The van der Waals surface area contributed by atoms with Crippen LogP contribution >= 0.6 is 23.1 Å². The van der Waals surface area contributed by atoms with Gasteiger partial charge in [0.1, 0.15) is 10.7 Å². The standard InChI is InChI=1S/C22H23F4NO4S2/c23-17-5-1-13(12-16(17)22(24,25)26)11-15(28)4-2-14-3-7-19(29)27(14)9-10-32-20-8-6-18(33-20)21(30)31/h1,5-6,8,12,14-15,28H,2-4,7,9-11H2,(H,30,31)/t14-,15+/m0/s1. The van der Waals surface area contributed by atoms with Crippen molar-refractivity contribution in [3.8, 4) is 0 Å². The summed E-state index contributed by atoms with van der Waals surface area (Å²) in [4.78, 5) is 25.2. The minimum Gasteiger partial charge on any atom is -0.477 e. The van der Waals surface area contributed by atoms with Gasteiger partial charge in [0.25, 0.3) is 0 Å². The fourth-order valence-electron chi connectivity index (χ4n) is 3.83. The summed E-state index contributed by atoms with van der Waals surface area (Å²) >= 11 is 2.65. The minimum atomic E-state index is -4.80. The molecule has 0 saturated carbocycles. The second-order valence-corrected chi connectivity index (χ2v) is 10.3. The fourth-order valence-corrected chi connectivity index (χ4v) is 5.82. The van der Waals surface area contributed by atoms with Gasteiger partial charge in [-0.2, -0.15) is 13.2 Å². The van der Waals surface area contributed by atoms with Crippen LogP contribution in [-0.2, 0) is 17.4 Å². The van der Waals surface area contributed by atoms with Crippen molar-refractivity contribution < 1.29 is 37.4 Å². The first-order valence-electron chi connectivity index (χ1n) is 10.3. The number of aromatic carboxylic acids is 1. The Morgan fingerprint density at radius 3 is 2.70 bits per heavy atom. The van der Waals surface area contributed by atoms with E-state index in [-0.39, 0.29) is 28.8 Å². The van der Waals surface area contributed by atoms with Gasteiger partial charge < -0.3 is 15.1 Å². The molecule has 0 spiro atoms. The van der Waals surface area contributed by atoms with Crippen molar-refractivity contribution in [1.82, 2.24) is 4.90 Å². The third kappa shape index (κ3) is 6.94. The third-order valence-corrected chi connectivity index (χ3v) is 7.74. The van der Waals surface area contributed by atoms with Gasteiger partial charge in [-0.3, -0.25) is 4.79 Å². The van der Waals surface area contributed by atoms with Gasteiger partial charge in [-0.1, -0.05) is 6.07 Å². The quantitative estimate of drug-likeness (QED) is 0.348. The molecular weight excluding hydrogens is 482 g/mol. The van der Waals surface area contributed by atoms with Gasteiger partial charge in [-0.25, -0.2) is 9.18 Å². The summed E-state index contributed by atoms with van der Waals surface area (Å²) in [6.07, 6.45) is -3.89. The van der Waals surface area contributed by atoms with Crippen molar-refractivity contribution in [2.75, 3.05) is 12.3 Å². The van der Waals surface area contributed by atoms with Crippen LogP contribution in [0.25, 0.3) is 0 Å². The lowest BCUT2D eigenvalue weighted by Crippen LogP contribution is -2.35. The third-order valence-electron chi connectivity index (χ3n) is 5.46. The lowest BCUT2D eigenvalue weighted by molar-refractivity contribution is -0.140. The molecule has 0 unspecified atom stereocenters. The molecule has 0 radical (unpaired) electrons. The van der Waals surface area contributed by atoms with Crippen LogP contribution in [0.4, 0.5) is 17.6 Å². The van der Waals surface area contributed by atoms with E-state index in [2.05, 4.69) is 0 Å². The van der Waals surface area contributed by atoms with Crippen LogP contribution in [-0.4, -0.2) is 51.4 Å². The SMILES string of the molecule is O=C(O)c1ccc(SCCN2C(=O)CC[C@@H]2CC[C@@H](O)Cc2ccc(F)c(C(F)(F)F)c2)s1. The molecule has 2 heterocycles. The lowest BCUT2D eigenvalue weighted by atomic mass is 9.99. The first-order valence-corrected chi connectivity index (χ1v) is 12.1. The molecular formula is C22H23F4NO4S2. The zero-order chi connectivity index (χ0) is 24.2. The predicted octanol–water partition coefficient (Wildman–Crippen LogP) is 5.07. The summed E-state index contributed by atoms with van der Waals surface area (Å²) in [5.74, 6) is -1.71. The smallest absolute Gasteiger partial charge is 0.419 e. The van der Waals surface area contributed by atoms with Crippen LogP contribution < -0.4 is 0 Å². The van der Waals surface area contributed by atoms with E-state index in [1.165, 1.54) is 29.2 Å². The van der Waals surface area contributed by atoms with Crippen LogP contribution in [0.2, 0.25) is 0 Å². The number of alkyl halides is 3. The van der Waals surface area contributed by atoms with Gasteiger partial charge in [0, 0.05) is 24.8 Å². The average Bonchev–Trinajstić information content (AvgIpc) is 3.35. The Morgan fingerprint density at radius 2 is 2.03 bits per heavy atom. The molecule has 1 fully saturated rings. The number of halogens is 4. The Labute approximate surface area is 196 Å². The van der Waals surface area contributed by atoms with Gasteiger partial charge in [-0.05, 0) is 55.5 Å². The van der Waals surface area contributed by atoms with E-state index in [1.54, 1.807) is 17.0 Å². The molecule has 1 aliphatic heterocycles. The number of rotatable bonds is 10. The number of benzene rings is 1. The molecule has 3 rings (SSSR count). The van der Waals surface area contributed by atoms with Crippen molar-refractivity contribution in [1.29, 1.82) is 0 Å². The normalized spacial score (nSPS) is 17.5. The van der Waals surface area contributed by atoms with Gasteiger partial charge >= 0.3 is 12.1 Å². The average molecular weight is 506 g/mol. The van der Waals surface area contributed by atoms with Crippen molar-refractivity contribution in [2.45, 2.75) is 54.6 Å². The highest BCUT2D eigenvalue weighted by molar-refractivity contribution is 8.01. The number of nitrogens with zero attached hydrogens (tertiary/aromatic N) is 1. The number of thioether (sulfide) groups is 1. The maximum atomic E-state index is 13.4. The van der Waals surface area contributed by atoms with Crippen LogP contribution in [0.3, 0.4) is 0 Å². The van der Waals surface area contributed by atoms with Crippen LogP contribution in [0.1, 0.15) is 46.5 Å². The second-order valence-electron chi connectivity index (χ2n) is 7.80. The molecule has 11 heteroatoms. The number of carbonyl (C=O) groups excluding carboxylic acids is 1. The summed E-state index contributed by atoms with van der Waals surface area (Å²) in [5.41, 5.74) is -1.15. The van der Waals surface area contributed by atoms with Crippen molar-refractivity contribution >= 4 is 35.0 Å². The number of hydrogen-bond acceptors (Lipinski definition) is 5. The van der Waals surface area contributed by atoms with E-state index in [9.17, 15) is 32.3 Å². The molecule has 0 aliphatic carbocycles. The summed E-state index contributed by atoms with van der Waals surface area (Å²) in [5, 5.41) is 19.3. The van der Waals surface area contributed by atoms with E-state index in [4.69, 9.17) is 5.11 Å². The van der Waals surface area contributed by atoms with E-state index in [0.717, 1.165) is 16.3 Å². The molecule has 1 aromatic carbocycles. The summed E-state index contributed by atoms with van der Waals surface area (Å²) in [6, 6.07) is 5.92. The number of likely N-dealkylation sites (tertiary alicyclic amines) is 1. The molecule has 1 amide bonds. The maximum Gasteiger partial charge on any atom is 0.419 e. The van der Waals surface area contributed by atoms with Crippen LogP contribution in [0, 0.1) is 5.82 Å². The first-order chi connectivity index (χ1) is 15.5. The highest BCUT2D eigenvalue weighted by Gasteiger charge is 2.34. The summed E-state index contributed by atoms with van der Waals surface area (Å²) < 4.78 is 52.9. The number of aliphatic hydroxyl groups is 1. The van der Waals surface area contributed by atoms with Crippen molar-refractivity contribution in [3.05, 3.63) is 52.2 Å². The van der Waals surface area contributed by atoms with Gasteiger partial charge in [0.2, 0.25) is 5.91 Å². The molecule has 5 nitrogen and oxygen atoms in total. The van der Waals surface area contributed by atoms with Gasteiger partial charge in [0.15, 0.2) is 0 Å². The Kier molecular flexibility index (Phi) is 8.41. The Balaban J connectivity index is 1.49. The van der Waals surface area contributed by atoms with Crippen molar-refractivity contribution in [2.24, 2.45) is 0 Å². The molecule has 1 aromatic heterocycles. The molecule has 1 saturated heterocycles. The molecule has 33 heavy (non-hydrogen) atoms. The van der Waals surface area contributed by atoms with E-state index >= 15 is 0 Å². The lowest BCUT2D eigenvalue weighted by Gasteiger charge is -2.25. The Hall–Kier alpha value is -2.11. The minimum absolute atomic E-state index is 0.0147. The molecule has 180 valence electrons. The van der Waals surface area contributed by atoms with Crippen molar-refractivity contribution in [3.63, 3.8) is 0 Å². The number of aliphatic hydroxyl groups excluding tert-OH is 1. The second kappa shape index (κ2) is 10.9. The molecule has 0 bridgehead atoms. The zero-order valence-corrected chi connectivity index (χ0v) is 19.1. The zero-order valence-electron chi connectivity index (χ0n) is 17.5. The number of carboxylic acid groups (broad SMARTS) is 1. The summed E-state index contributed by atoms with van der Waals surface area (Å²) in [6.45, 7) is 0.484. The fraction of sp³-hybridized carbons (Fsp3) is 0.455. The van der Waals surface area contributed by atoms with E-state index in [1.807, 2.05) is 0 Å². The number of carbonyl (C=O) groups is 2. The Morgan fingerprint density at radius 1 is 1.27 bits per heavy atom. The first kappa shape index (κ1) is 25.5. The van der Waals surface area contributed by atoms with E-state index < -0.39 is 29.6 Å². The molecule has 1 aliphatic rings. The highest BCUT2D eigenvalue weighted by Crippen LogP contribution is 2.33. The molecule has 2 N–H and O–H groups in total. The van der Waals surface area contributed by atoms with Gasteiger partial charge in [0.05, 0.1) is 15.9 Å². The van der Waals surface area contributed by atoms with Crippen LogP contribution in [0.15, 0.2) is 34.5 Å². The number of amides is 1. The van der Waals surface area contributed by atoms with Crippen LogP contribution in [0.5, 0.6) is 0 Å². The largest absolute Gasteiger partial charge is 0.477 e. The highest BCUT2D eigenvalue weighted by atomic mass is 32.2. The Bertz CT molecular complexity index is 995. The molecule has 2 aromatic rings. The monoisotopic (exact) mass is 505 g/mol. The maximum absolute atomic E-state index is 13.4. The number of hydrogen-bond donors (Lipinski definition) is 2. The van der Waals surface area contributed by atoms with E-state index in [0.29, 0.717) is 38.0 Å². The number of carboxylic acids is 1. The predicted molar refractivity (Wildman–Crippen MR) is 117 cm³/mol. The van der Waals surface area contributed by atoms with Gasteiger partial charge in [-0.15, -0.1) is 23.1 Å². The summed E-state index contributed by atoms with van der Waals surface area (Å²) in [7, 11) is 0. The topological polar surface area (TPSA) is 77.8 Å². The molecule has 2 atom stereocenters.